The van der Waals surface area contributed by atoms with Crippen molar-refractivity contribution in [3.8, 4) is 6.07 Å². The van der Waals surface area contributed by atoms with Gasteiger partial charge in [0.05, 0.1) is 0 Å². The molecule has 19 heavy (non-hydrogen) atoms. The summed E-state index contributed by atoms with van der Waals surface area (Å²) >= 11 is 11.8. The molecule has 1 aromatic rings. The fourth-order valence-electron chi connectivity index (χ4n) is 2.01. The van der Waals surface area contributed by atoms with Crippen molar-refractivity contribution in [3.05, 3.63) is 39.4 Å². The van der Waals surface area contributed by atoms with Gasteiger partial charge in [-0.05, 0) is 36.6 Å². The normalized spacial score (nSPS) is 15.4. The van der Waals surface area contributed by atoms with Crippen LogP contribution in [0.2, 0.25) is 10.0 Å². The molecule has 0 bridgehead atoms. The summed E-state index contributed by atoms with van der Waals surface area (Å²) in [4.78, 5) is 13.8. The summed E-state index contributed by atoms with van der Waals surface area (Å²) in [5, 5.41) is 10.1. The van der Waals surface area contributed by atoms with Gasteiger partial charge in [0.15, 0.2) is 0 Å². The lowest BCUT2D eigenvalue weighted by atomic mass is 10.1. The predicted octanol–water partition coefficient (Wildman–Crippen LogP) is 3.52. The summed E-state index contributed by atoms with van der Waals surface area (Å²) < 4.78 is 0. The average molecular weight is 295 g/mol. The van der Waals surface area contributed by atoms with Crippen LogP contribution in [0.5, 0.6) is 0 Å². The lowest BCUT2D eigenvalue weighted by Crippen LogP contribution is -2.28. The summed E-state index contributed by atoms with van der Waals surface area (Å²) in [6.07, 6.45) is 3.50. The molecule has 0 radical (unpaired) electrons. The number of halogens is 2. The molecule has 0 unspecified atom stereocenters. The zero-order valence-corrected chi connectivity index (χ0v) is 11.7. The van der Waals surface area contributed by atoms with E-state index in [-0.39, 0.29) is 11.5 Å². The van der Waals surface area contributed by atoms with E-state index in [9.17, 15) is 4.79 Å². The smallest absolute Gasteiger partial charge is 0.264 e. The summed E-state index contributed by atoms with van der Waals surface area (Å²) in [6, 6.07) is 6.90. The molecule has 1 aliphatic rings. The number of carbonyl (C=O) groups excluding carboxylic acids is 1. The van der Waals surface area contributed by atoms with Crippen molar-refractivity contribution in [1.29, 1.82) is 5.26 Å². The van der Waals surface area contributed by atoms with Crippen molar-refractivity contribution in [2.24, 2.45) is 0 Å². The Morgan fingerprint density at radius 2 is 2.00 bits per heavy atom. The second-order valence-electron chi connectivity index (χ2n) is 4.33. The molecule has 0 aromatic heterocycles. The Labute approximate surface area is 122 Å². The van der Waals surface area contributed by atoms with Gasteiger partial charge in [-0.1, -0.05) is 29.3 Å². The standard InChI is InChI=1S/C14H12Cl2N2O/c15-12-4-3-10(13(16)8-12)7-11(9-17)14(19)18-5-1-2-6-18/h3-4,7-8H,1-2,5-6H2/b11-7+. The van der Waals surface area contributed by atoms with Gasteiger partial charge in [0.1, 0.15) is 11.6 Å². The summed E-state index contributed by atoms with van der Waals surface area (Å²) in [6.45, 7) is 1.43. The molecular formula is C14H12Cl2N2O. The first-order chi connectivity index (χ1) is 9.11. The second-order valence-corrected chi connectivity index (χ2v) is 5.18. The van der Waals surface area contributed by atoms with E-state index in [1.165, 1.54) is 6.08 Å². The van der Waals surface area contributed by atoms with Gasteiger partial charge in [-0.3, -0.25) is 4.79 Å². The fourth-order valence-corrected chi connectivity index (χ4v) is 2.47. The molecule has 1 aromatic carbocycles. The highest BCUT2D eigenvalue weighted by atomic mass is 35.5. The van der Waals surface area contributed by atoms with Crippen LogP contribution in [0.25, 0.3) is 6.08 Å². The van der Waals surface area contributed by atoms with Crippen LogP contribution in [-0.4, -0.2) is 23.9 Å². The molecule has 0 aliphatic carbocycles. The zero-order chi connectivity index (χ0) is 13.8. The molecule has 0 atom stereocenters. The van der Waals surface area contributed by atoms with E-state index in [1.54, 1.807) is 23.1 Å². The Bertz CT molecular complexity index is 569. The number of benzene rings is 1. The molecule has 1 saturated heterocycles. The minimum absolute atomic E-state index is 0.103. The molecule has 1 amide bonds. The quantitative estimate of drug-likeness (QED) is 0.619. The number of carbonyl (C=O) groups is 1. The first-order valence-corrected chi connectivity index (χ1v) is 6.73. The molecule has 0 spiro atoms. The molecule has 98 valence electrons. The second kappa shape index (κ2) is 6.10. The average Bonchev–Trinajstić information content (AvgIpc) is 2.91. The van der Waals surface area contributed by atoms with Gasteiger partial charge in [-0.15, -0.1) is 0 Å². The third-order valence-electron chi connectivity index (χ3n) is 3.01. The van der Waals surface area contributed by atoms with Crippen molar-refractivity contribution >= 4 is 35.2 Å². The third kappa shape index (κ3) is 3.28. The Morgan fingerprint density at radius 3 is 2.58 bits per heavy atom. The molecule has 1 aliphatic heterocycles. The Balaban J connectivity index is 2.28. The van der Waals surface area contributed by atoms with Crippen LogP contribution >= 0.6 is 23.2 Å². The van der Waals surface area contributed by atoms with Crippen molar-refractivity contribution in [2.45, 2.75) is 12.8 Å². The third-order valence-corrected chi connectivity index (χ3v) is 3.57. The summed E-state index contributed by atoms with van der Waals surface area (Å²) in [5.74, 6) is -0.231. The maximum atomic E-state index is 12.1. The number of likely N-dealkylation sites (tertiary alicyclic amines) is 1. The van der Waals surface area contributed by atoms with Crippen molar-refractivity contribution in [3.63, 3.8) is 0 Å². The minimum atomic E-state index is -0.231. The van der Waals surface area contributed by atoms with Gasteiger partial charge in [0.25, 0.3) is 5.91 Å². The van der Waals surface area contributed by atoms with Crippen molar-refractivity contribution in [2.75, 3.05) is 13.1 Å². The van der Waals surface area contributed by atoms with Crippen LogP contribution in [-0.2, 0) is 4.79 Å². The number of amides is 1. The molecule has 5 heteroatoms. The van der Waals surface area contributed by atoms with Gasteiger partial charge < -0.3 is 4.90 Å². The first kappa shape index (κ1) is 13.9. The summed E-state index contributed by atoms with van der Waals surface area (Å²) in [7, 11) is 0. The van der Waals surface area contributed by atoms with E-state index in [4.69, 9.17) is 28.5 Å². The van der Waals surface area contributed by atoms with Crippen LogP contribution in [0.15, 0.2) is 23.8 Å². The Morgan fingerprint density at radius 1 is 1.32 bits per heavy atom. The molecule has 0 saturated carbocycles. The van der Waals surface area contributed by atoms with Crippen LogP contribution in [0, 0.1) is 11.3 Å². The van der Waals surface area contributed by atoms with Gasteiger partial charge in [0, 0.05) is 23.1 Å². The maximum absolute atomic E-state index is 12.1. The Hall–Kier alpha value is -1.50. The maximum Gasteiger partial charge on any atom is 0.264 e. The number of rotatable bonds is 2. The first-order valence-electron chi connectivity index (χ1n) is 5.98. The van der Waals surface area contributed by atoms with E-state index in [0.717, 1.165) is 12.8 Å². The van der Waals surface area contributed by atoms with E-state index < -0.39 is 0 Å². The van der Waals surface area contributed by atoms with Crippen molar-refractivity contribution in [1.82, 2.24) is 4.90 Å². The predicted molar refractivity (Wildman–Crippen MR) is 75.9 cm³/mol. The van der Waals surface area contributed by atoms with Crippen LogP contribution < -0.4 is 0 Å². The highest BCUT2D eigenvalue weighted by molar-refractivity contribution is 6.35. The lowest BCUT2D eigenvalue weighted by Gasteiger charge is -2.14. The molecule has 3 nitrogen and oxygen atoms in total. The van der Waals surface area contributed by atoms with Crippen molar-refractivity contribution < 1.29 is 4.79 Å². The molecule has 1 heterocycles. The highest BCUT2D eigenvalue weighted by Crippen LogP contribution is 2.23. The van der Waals surface area contributed by atoms with Gasteiger partial charge in [-0.25, -0.2) is 0 Å². The number of nitrogens with zero attached hydrogens (tertiary/aromatic N) is 2. The zero-order valence-electron chi connectivity index (χ0n) is 10.2. The number of hydrogen-bond donors (Lipinski definition) is 0. The van der Waals surface area contributed by atoms with Crippen LogP contribution in [0.1, 0.15) is 18.4 Å². The van der Waals surface area contributed by atoms with Gasteiger partial charge in [0.2, 0.25) is 0 Å². The van der Waals surface area contributed by atoms with Gasteiger partial charge >= 0.3 is 0 Å². The van der Waals surface area contributed by atoms with Gasteiger partial charge in [-0.2, -0.15) is 5.26 Å². The fraction of sp³-hybridized carbons (Fsp3) is 0.286. The van der Waals surface area contributed by atoms with E-state index >= 15 is 0 Å². The minimum Gasteiger partial charge on any atom is -0.338 e. The molecular weight excluding hydrogens is 283 g/mol. The topological polar surface area (TPSA) is 44.1 Å². The molecule has 2 rings (SSSR count). The number of hydrogen-bond acceptors (Lipinski definition) is 2. The Kier molecular flexibility index (Phi) is 4.47. The van der Waals surface area contributed by atoms with E-state index in [0.29, 0.717) is 28.7 Å². The van der Waals surface area contributed by atoms with E-state index in [1.807, 2.05) is 6.07 Å². The molecule has 1 fully saturated rings. The highest BCUT2D eigenvalue weighted by Gasteiger charge is 2.21. The molecule has 0 N–H and O–H groups in total. The van der Waals surface area contributed by atoms with E-state index in [2.05, 4.69) is 0 Å². The largest absolute Gasteiger partial charge is 0.338 e. The monoisotopic (exact) mass is 294 g/mol. The van der Waals surface area contributed by atoms with Crippen LogP contribution in [0.4, 0.5) is 0 Å². The van der Waals surface area contributed by atoms with Crippen LogP contribution in [0.3, 0.4) is 0 Å². The SMILES string of the molecule is N#C/C(=C\c1ccc(Cl)cc1Cl)C(=O)N1CCCC1. The summed E-state index contributed by atoms with van der Waals surface area (Å²) in [5.41, 5.74) is 0.723. The number of nitriles is 1. The lowest BCUT2D eigenvalue weighted by molar-refractivity contribution is -0.125.